The minimum absolute atomic E-state index is 0.0672. The Kier molecular flexibility index (Phi) is 4.23. The topological polar surface area (TPSA) is 50.4 Å². The molecule has 114 valence electrons. The zero-order chi connectivity index (χ0) is 15.4. The highest BCUT2D eigenvalue weighted by molar-refractivity contribution is 5.74. The smallest absolute Gasteiger partial charge is 0.315 e. The lowest BCUT2D eigenvalue weighted by molar-refractivity contribution is 0.214. The Morgan fingerprint density at radius 3 is 2.95 bits per heavy atom. The van der Waals surface area contributed by atoms with Crippen molar-refractivity contribution in [2.75, 3.05) is 6.61 Å². The van der Waals surface area contributed by atoms with E-state index in [0.29, 0.717) is 6.61 Å². The third-order valence-electron chi connectivity index (χ3n) is 3.56. The van der Waals surface area contributed by atoms with Crippen molar-refractivity contribution in [1.29, 1.82) is 0 Å². The molecular weight excluding hydrogens is 283 g/mol. The van der Waals surface area contributed by atoms with Crippen LogP contribution in [0, 0.1) is 5.82 Å². The van der Waals surface area contributed by atoms with Crippen LogP contribution in [0.2, 0.25) is 0 Å². The number of carbonyl (C=O) groups is 1. The van der Waals surface area contributed by atoms with E-state index in [1.54, 1.807) is 12.1 Å². The number of rotatable bonds is 3. The van der Waals surface area contributed by atoms with Gasteiger partial charge >= 0.3 is 6.03 Å². The van der Waals surface area contributed by atoms with Gasteiger partial charge in [-0.25, -0.2) is 9.18 Å². The number of urea groups is 1. The predicted molar refractivity (Wildman–Crippen MR) is 81.2 cm³/mol. The number of nitrogens with one attached hydrogen (secondary N) is 2. The number of fused-ring (bicyclic) bond motifs is 1. The Hall–Kier alpha value is -2.56. The Bertz CT molecular complexity index is 675. The summed E-state index contributed by atoms with van der Waals surface area (Å²) in [5, 5.41) is 5.60. The van der Waals surface area contributed by atoms with Gasteiger partial charge in [0.2, 0.25) is 0 Å². The van der Waals surface area contributed by atoms with Crippen molar-refractivity contribution in [3.05, 3.63) is 65.5 Å². The SMILES string of the molecule is O=C(NCc1cccc(F)c1)N[C@@H]1COc2ccccc2C1. The van der Waals surface area contributed by atoms with Gasteiger partial charge in [-0.15, -0.1) is 0 Å². The molecule has 22 heavy (non-hydrogen) atoms. The summed E-state index contributed by atoms with van der Waals surface area (Å²) in [6, 6.07) is 13.6. The van der Waals surface area contributed by atoms with Crippen LogP contribution in [0.5, 0.6) is 5.75 Å². The first kappa shape index (κ1) is 14.4. The number of hydrogen-bond donors (Lipinski definition) is 2. The minimum Gasteiger partial charge on any atom is -0.491 e. The molecule has 1 aliphatic rings. The number of halogens is 1. The quantitative estimate of drug-likeness (QED) is 0.915. The van der Waals surface area contributed by atoms with Gasteiger partial charge in [-0.1, -0.05) is 30.3 Å². The van der Waals surface area contributed by atoms with E-state index in [-0.39, 0.29) is 24.4 Å². The number of para-hydroxylation sites is 1. The Morgan fingerprint density at radius 2 is 2.09 bits per heavy atom. The minimum atomic E-state index is -0.308. The predicted octanol–water partition coefficient (Wildman–Crippen LogP) is 2.63. The summed E-state index contributed by atoms with van der Waals surface area (Å²) in [6.45, 7) is 0.734. The molecule has 0 aliphatic carbocycles. The van der Waals surface area contributed by atoms with Crippen molar-refractivity contribution in [3.63, 3.8) is 0 Å². The molecule has 0 saturated carbocycles. The summed E-state index contributed by atoms with van der Waals surface area (Å²) in [5.41, 5.74) is 1.81. The van der Waals surface area contributed by atoms with Crippen LogP contribution < -0.4 is 15.4 Å². The number of ether oxygens (including phenoxy) is 1. The van der Waals surface area contributed by atoms with Gasteiger partial charge in [0.1, 0.15) is 18.2 Å². The molecule has 0 saturated heterocycles. The van der Waals surface area contributed by atoms with Crippen molar-refractivity contribution in [2.45, 2.75) is 19.0 Å². The molecule has 2 aromatic rings. The van der Waals surface area contributed by atoms with Crippen molar-refractivity contribution < 1.29 is 13.9 Å². The lowest BCUT2D eigenvalue weighted by Crippen LogP contribution is -2.47. The normalized spacial score (nSPS) is 16.3. The molecule has 2 amide bonds. The summed E-state index contributed by atoms with van der Waals surface area (Å²) in [5.74, 6) is 0.567. The standard InChI is InChI=1S/C17H17FN2O2/c18-14-6-3-4-12(8-14)10-19-17(21)20-15-9-13-5-1-2-7-16(13)22-11-15/h1-8,15H,9-11H2,(H2,19,20,21)/t15-/m0/s1. The second-order valence-corrected chi connectivity index (χ2v) is 5.28. The van der Waals surface area contributed by atoms with Crippen LogP contribution in [-0.2, 0) is 13.0 Å². The van der Waals surface area contributed by atoms with E-state index < -0.39 is 0 Å². The molecule has 0 spiro atoms. The molecule has 2 N–H and O–H groups in total. The van der Waals surface area contributed by atoms with E-state index in [1.165, 1.54) is 12.1 Å². The van der Waals surface area contributed by atoms with Gasteiger partial charge in [0.25, 0.3) is 0 Å². The lowest BCUT2D eigenvalue weighted by Gasteiger charge is -2.26. The molecule has 4 nitrogen and oxygen atoms in total. The monoisotopic (exact) mass is 300 g/mol. The third-order valence-corrected chi connectivity index (χ3v) is 3.56. The zero-order valence-corrected chi connectivity index (χ0v) is 12.0. The number of amides is 2. The van der Waals surface area contributed by atoms with Crippen LogP contribution in [0.25, 0.3) is 0 Å². The maximum absolute atomic E-state index is 13.1. The zero-order valence-electron chi connectivity index (χ0n) is 12.0. The summed E-state index contributed by atoms with van der Waals surface area (Å²) in [6.07, 6.45) is 0.740. The first-order valence-corrected chi connectivity index (χ1v) is 7.20. The summed E-state index contributed by atoms with van der Waals surface area (Å²) >= 11 is 0. The Balaban J connectivity index is 1.50. The van der Waals surface area contributed by atoms with Gasteiger partial charge in [-0.05, 0) is 35.7 Å². The van der Waals surface area contributed by atoms with E-state index in [9.17, 15) is 9.18 Å². The van der Waals surface area contributed by atoms with Crippen molar-refractivity contribution >= 4 is 6.03 Å². The van der Waals surface area contributed by atoms with E-state index >= 15 is 0 Å². The van der Waals surface area contributed by atoms with Crippen LogP contribution in [0.4, 0.5) is 9.18 Å². The van der Waals surface area contributed by atoms with E-state index in [4.69, 9.17) is 4.74 Å². The maximum atomic E-state index is 13.1. The molecule has 0 unspecified atom stereocenters. The molecule has 0 fully saturated rings. The second kappa shape index (κ2) is 6.47. The van der Waals surface area contributed by atoms with E-state index in [2.05, 4.69) is 10.6 Å². The van der Waals surface area contributed by atoms with E-state index in [1.807, 2.05) is 24.3 Å². The summed E-state index contributed by atoms with van der Waals surface area (Å²) in [7, 11) is 0. The highest BCUT2D eigenvalue weighted by Gasteiger charge is 2.20. The molecule has 1 aliphatic heterocycles. The average molecular weight is 300 g/mol. The molecule has 0 radical (unpaired) electrons. The van der Waals surface area contributed by atoms with Crippen molar-refractivity contribution in [3.8, 4) is 5.75 Å². The molecule has 1 atom stereocenters. The largest absolute Gasteiger partial charge is 0.491 e. The maximum Gasteiger partial charge on any atom is 0.315 e. The fourth-order valence-electron chi connectivity index (χ4n) is 2.49. The molecular formula is C17H17FN2O2. The number of carbonyl (C=O) groups excluding carboxylic acids is 1. The molecule has 5 heteroatoms. The fourth-order valence-corrected chi connectivity index (χ4v) is 2.49. The fraction of sp³-hybridized carbons (Fsp3) is 0.235. The van der Waals surface area contributed by atoms with Crippen LogP contribution in [0.15, 0.2) is 48.5 Å². The molecule has 3 rings (SSSR count). The molecule has 0 bridgehead atoms. The first-order chi connectivity index (χ1) is 10.7. The van der Waals surface area contributed by atoms with Gasteiger partial charge in [-0.3, -0.25) is 0 Å². The van der Waals surface area contributed by atoms with E-state index in [0.717, 1.165) is 23.3 Å². The summed E-state index contributed by atoms with van der Waals surface area (Å²) < 4.78 is 18.7. The van der Waals surface area contributed by atoms with Crippen LogP contribution in [0.3, 0.4) is 0 Å². The first-order valence-electron chi connectivity index (χ1n) is 7.20. The second-order valence-electron chi connectivity index (χ2n) is 5.28. The average Bonchev–Trinajstić information content (AvgIpc) is 2.53. The molecule has 0 aromatic heterocycles. The lowest BCUT2D eigenvalue weighted by atomic mass is 10.0. The van der Waals surface area contributed by atoms with Crippen LogP contribution in [-0.4, -0.2) is 18.7 Å². The highest BCUT2D eigenvalue weighted by atomic mass is 19.1. The van der Waals surface area contributed by atoms with Gasteiger partial charge in [0.15, 0.2) is 0 Å². The van der Waals surface area contributed by atoms with Crippen molar-refractivity contribution in [2.24, 2.45) is 0 Å². The van der Waals surface area contributed by atoms with Gasteiger partial charge < -0.3 is 15.4 Å². The van der Waals surface area contributed by atoms with Crippen molar-refractivity contribution in [1.82, 2.24) is 10.6 Å². The highest BCUT2D eigenvalue weighted by Crippen LogP contribution is 2.23. The summed E-state index contributed by atoms with van der Waals surface area (Å²) in [4.78, 5) is 11.9. The Morgan fingerprint density at radius 1 is 1.23 bits per heavy atom. The van der Waals surface area contributed by atoms with Crippen LogP contribution in [0.1, 0.15) is 11.1 Å². The number of hydrogen-bond acceptors (Lipinski definition) is 2. The van der Waals surface area contributed by atoms with Gasteiger partial charge in [-0.2, -0.15) is 0 Å². The third kappa shape index (κ3) is 3.55. The Labute approximate surface area is 128 Å². The van der Waals surface area contributed by atoms with Crippen LogP contribution >= 0.6 is 0 Å². The molecule has 1 heterocycles. The van der Waals surface area contributed by atoms with Gasteiger partial charge in [0.05, 0.1) is 6.04 Å². The molecule has 2 aromatic carbocycles. The van der Waals surface area contributed by atoms with Gasteiger partial charge in [0, 0.05) is 6.54 Å². The number of benzene rings is 2.